The van der Waals surface area contributed by atoms with Crippen LogP contribution in [0.4, 0.5) is 5.69 Å². The molecule has 0 aromatic heterocycles. The number of ketones is 1. The number of Topliss-reactive ketones (excluding diaryl/α,β-unsaturated/α-hetero) is 1. The fraction of sp³-hybridized carbons (Fsp3) is 0.400. The van der Waals surface area contributed by atoms with Gasteiger partial charge in [0.15, 0.2) is 5.78 Å². The summed E-state index contributed by atoms with van der Waals surface area (Å²) in [6.45, 7) is 5.49. The summed E-state index contributed by atoms with van der Waals surface area (Å²) in [4.78, 5) is 40.8. The first-order valence-electron chi connectivity index (χ1n) is 8.78. The molecule has 0 aliphatic carbocycles. The van der Waals surface area contributed by atoms with Gasteiger partial charge in [0.1, 0.15) is 6.04 Å². The van der Waals surface area contributed by atoms with Gasteiger partial charge in [-0.05, 0) is 18.2 Å². The van der Waals surface area contributed by atoms with Crippen molar-refractivity contribution in [3.8, 4) is 0 Å². The zero-order valence-corrected chi connectivity index (χ0v) is 15.0. The highest BCUT2D eigenvalue weighted by Crippen LogP contribution is 2.47. The number of anilines is 1. The Morgan fingerprint density at radius 3 is 2.35 bits per heavy atom. The van der Waals surface area contributed by atoms with Crippen molar-refractivity contribution in [3.63, 3.8) is 0 Å². The molecule has 134 valence electrons. The first kappa shape index (κ1) is 16.7. The number of fused-ring (bicyclic) bond motifs is 3. The van der Waals surface area contributed by atoms with Crippen LogP contribution in [-0.2, 0) is 14.4 Å². The molecular formula is C20H21N3O3. The van der Waals surface area contributed by atoms with E-state index in [1.54, 1.807) is 41.6 Å². The molecule has 6 nitrogen and oxygen atoms in total. The maximum atomic E-state index is 13.2. The van der Waals surface area contributed by atoms with Crippen molar-refractivity contribution in [2.45, 2.75) is 32.9 Å². The molecule has 3 aliphatic heterocycles. The molecule has 2 fully saturated rings. The number of hydrogen-bond donors (Lipinski definition) is 0. The van der Waals surface area contributed by atoms with Gasteiger partial charge >= 0.3 is 0 Å². The summed E-state index contributed by atoms with van der Waals surface area (Å²) in [7, 11) is 0. The summed E-state index contributed by atoms with van der Waals surface area (Å²) in [5.41, 5.74) is -0.0849. The van der Waals surface area contributed by atoms with E-state index in [1.165, 1.54) is 4.90 Å². The van der Waals surface area contributed by atoms with Crippen molar-refractivity contribution in [1.82, 2.24) is 5.01 Å². The van der Waals surface area contributed by atoms with Crippen molar-refractivity contribution in [2.24, 2.45) is 22.4 Å². The second kappa shape index (κ2) is 5.62. The molecule has 0 N–H and O–H groups in total. The highest BCUT2D eigenvalue weighted by atomic mass is 16.2. The van der Waals surface area contributed by atoms with Crippen molar-refractivity contribution >= 4 is 29.5 Å². The molecule has 0 unspecified atom stereocenters. The van der Waals surface area contributed by atoms with E-state index in [2.05, 4.69) is 5.10 Å². The third-order valence-electron chi connectivity index (χ3n) is 5.31. The van der Waals surface area contributed by atoms with Gasteiger partial charge in [-0.1, -0.05) is 45.0 Å². The van der Waals surface area contributed by atoms with Crippen LogP contribution in [0.1, 0.15) is 20.8 Å². The Bertz CT molecular complexity index is 838. The number of imide groups is 1. The van der Waals surface area contributed by atoms with E-state index in [4.69, 9.17) is 0 Å². The second-order valence-electron chi connectivity index (χ2n) is 7.98. The molecule has 4 atom stereocenters. The second-order valence-corrected chi connectivity index (χ2v) is 7.98. The van der Waals surface area contributed by atoms with Gasteiger partial charge in [-0.15, -0.1) is 0 Å². The normalized spacial score (nSPS) is 30.0. The monoisotopic (exact) mass is 351 g/mol. The zero-order valence-electron chi connectivity index (χ0n) is 15.0. The Balaban J connectivity index is 1.80. The Morgan fingerprint density at radius 2 is 1.69 bits per heavy atom. The number of para-hydroxylation sites is 1. The van der Waals surface area contributed by atoms with Gasteiger partial charge in [-0.25, -0.2) is 4.90 Å². The Hall–Kier alpha value is -2.76. The number of carbonyl (C=O) groups excluding carboxylic acids is 3. The molecule has 1 aromatic carbocycles. The Kier molecular flexibility index (Phi) is 3.61. The average Bonchev–Trinajstić information content (AvgIpc) is 3.08. The number of allylic oxidation sites excluding steroid dienone is 1. The number of rotatable bonds is 2. The van der Waals surface area contributed by atoms with Gasteiger partial charge < -0.3 is 0 Å². The summed E-state index contributed by atoms with van der Waals surface area (Å²) in [5.74, 6) is -1.94. The van der Waals surface area contributed by atoms with Gasteiger partial charge in [0.2, 0.25) is 11.8 Å². The number of benzene rings is 1. The maximum absolute atomic E-state index is 13.2. The Morgan fingerprint density at radius 1 is 1.04 bits per heavy atom. The number of carbonyl (C=O) groups is 3. The van der Waals surface area contributed by atoms with Crippen LogP contribution in [0.25, 0.3) is 0 Å². The van der Waals surface area contributed by atoms with Gasteiger partial charge in [0, 0.05) is 11.6 Å². The fourth-order valence-corrected chi connectivity index (χ4v) is 4.11. The Labute approximate surface area is 152 Å². The predicted molar refractivity (Wildman–Crippen MR) is 97.4 cm³/mol. The quantitative estimate of drug-likeness (QED) is 0.765. The van der Waals surface area contributed by atoms with Gasteiger partial charge in [0.25, 0.3) is 0 Å². The smallest absolute Gasteiger partial charge is 0.240 e. The lowest BCUT2D eigenvalue weighted by molar-refractivity contribution is -0.136. The standard InChI is InChI=1S/C20H21N3O3/c1-20(2,3)17(24)16-15-14(13-10-7-11-21-23(13)16)18(25)22(19(15)26)12-8-5-4-6-9-12/h4-11,13-16H,1-3H3/t13-,14-,15-,16+/m0/s1. The molecule has 3 heterocycles. The molecule has 6 heteroatoms. The predicted octanol–water partition coefficient (Wildman–Crippen LogP) is 2.02. The van der Waals surface area contributed by atoms with E-state index >= 15 is 0 Å². The topological polar surface area (TPSA) is 70.0 Å². The third kappa shape index (κ3) is 2.25. The first-order chi connectivity index (χ1) is 12.3. The van der Waals surface area contributed by atoms with Crippen LogP contribution in [-0.4, -0.2) is 40.9 Å². The van der Waals surface area contributed by atoms with Crippen LogP contribution in [0, 0.1) is 17.3 Å². The van der Waals surface area contributed by atoms with E-state index in [0.717, 1.165) is 0 Å². The van der Waals surface area contributed by atoms with Gasteiger partial charge in [0.05, 0.1) is 23.6 Å². The maximum Gasteiger partial charge on any atom is 0.240 e. The van der Waals surface area contributed by atoms with E-state index in [1.807, 2.05) is 32.9 Å². The molecular weight excluding hydrogens is 330 g/mol. The number of hydrogen-bond acceptors (Lipinski definition) is 5. The molecule has 0 radical (unpaired) electrons. The van der Waals surface area contributed by atoms with Crippen LogP contribution in [0.15, 0.2) is 47.6 Å². The molecule has 1 aromatic rings. The number of hydrazone groups is 1. The van der Waals surface area contributed by atoms with E-state index < -0.39 is 23.3 Å². The minimum atomic E-state index is -0.726. The van der Waals surface area contributed by atoms with Gasteiger partial charge in [-0.3, -0.25) is 19.4 Å². The fourth-order valence-electron chi connectivity index (χ4n) is 4.11. The van der Waals surface area contributed by atoms with Crippen LogP contribution >= 0.6 is 0 Å². The molecule has 2 amide bonds. The molecule has 26 heavy (non-hydrogen) atoms. The van der Waals surface area contributed by atoms with Crippen molar-refractivity contribution in [3.05, 3.63) is 42.5 Å². The molecule has 0 spiro atoms. The number of amides is 2. The highest BCUT2D eigenvalue weighted by Gasteiger charge is 2.64. The lowest BCUT2D eigenvalue weighted by Gasteiger charge is -2.33. The van der Waals surface area contributed by atoms with Crippen LogP contribution < -0.4 is 4.90 Å². The first-order valence-corrected chi connectivity index (χ1v) is 8.78. The molecule has 3 aliphatic rings. The molecule has 4 rings (SSSR count). The van der Waals surface area contributed by atoms with Crippen LogP contribution in [0.5, 0.6) is 0 Å². The summed E-state index contributed by atoms with van der Waals surface area (Å²) >= 11 is 0. The van der Waals surface area contributed by atoms with Crippen molar-refractivity contribution in [1.29, 1.82) is 0 Å². The zero-order chi connectivity index (χ0) is 18.6. The third-order valence-corrected chi connectivity index (χ3v) is 5.31. The van der Waals surface area contributed by atoms with E-state index in [9.17, 15) is 14.4 Å². The minimum absolute atomic E-state index is 0.0708. The summed E-state index contributed by atoms with van der Waals surface area (Å²) in [5, 5.41) is 5.99. The largest absolute Gasteiger partial charge is 0.297 e. The minimum Gasteiger partial charge on any atom is -0.297 e. The summed E-state index contributed by atoms with van der Waals surface area (Å²) in [6.07, 6.45) is 5.23. The van der Waals surface area contributed by atoms with Gasteiger partial charge in [-0.2, -0.15) is 5.10 Å². The molecule has 0 saturated carbocycles. The molecule has 0 bridgehead atoms. The van der Waals surface area contributed by atoms with Crippen LogP contribution in [0.3, 0.4) is 0 Å². The lowest BCUT2D eigenvalue weighted by atomic mass is 9.80. The summed E-state index contributed by atoms with van der Waals surface area (Å²) in [6, 6.07) is 7.80. The SMILES string of the molecule is CC(C)(C)C(=O)[C@H]1[C@H]2C(=O)N(c3ccccc3)C(=O)[C@H]2[C@@H]2C=CC=NN21. The molecule has 2 saturated heterocycles. The lowest BCUT2D eigenvalue weighted by Crippen LogP contribution is -2.49. The van der Waals surface area contributed by atoms with Crippen molar-refractivity contribution in [2.75, 3.05) is 4.90 Å². The van der Waals surface area contributed by atoms with Crippen LogP contribution in [0.2, 0.25) is 0 Å². The highest BCUT2D eigenvalue weighted by molar-refractivity contribution is 6.24. The number of nitrogens with zero attached hydrogens (tertiary/aromatic N) is 3. The summed E-state index contributed by atoms with van der Waals surface area (Å²) < 4.78 is 0. The van der Waals surface area contributed by atoms with Crippen molar-refractivity contribution < 1.29 is 14.4 Å². The average molecular weight is 351 g/mol. The van der Waals surface area contributed by atoms with E-state index in [-0.39, 0.29) is 23.6 Å². The van der Waals surface area contributed by atoms with E-state index in [0.29, 0.717) is 5.69 Å².